The van der Waals surface area contributed by atoms with E-state index < -0.39 is 11.9 Å². The molecule has 1 unspecified atom stereocenters. The number of nitrogens with zero attached hydrogens (tertiary/aromatic N) is 1. The number of halogens is 3. The molecular weight excluding hydrogens is 615 g/mol. The molecule has 208 valence electrons. The normalized spacial score (nSPS) is 14.2. The fraction of sp³-hybridized carbons (Fsp3) is 0.0625. The molecule has 1 aromatic heterocycles. The number of hydrogen-bond acceptors (Lipinski definition) is 7. The van der Waals surface area contributed by atoms with Gasteiger partial charge in [0.15, 0.2) is 0 Å². The summed E-state index contributed by atoms with van der Waals surface area (Å²) >= 11 is 20.2. The number of nitrogens with two attached hydrogens (primary N) is 1. The van der Waals surface area contributed by atoms with Crippen molar-refractivity contribution in [1.82, 2.24) is 0 Å². The maximum atomic E-state index is 13.1. The molecule has 2 heterocycles. The summed E-state index contributed by atoms with van der Waals surface area (Å²) in [7, 11) is 0. The number of carbonyl (C=O) groups excluding carboxylic acids is 1. The number of hydrogen-bond donors (Lipinski definition) is 1. The van der Waals surface area contributed by atoms with Crippen LogP contribution in [-0.2, 0) is 6.61 Å². The van der Waals surface area contributed by atoms with E-state index >= 15 is 0 Å². The summed E-state index contributed by atoms with van der Waals surface area (Å²) in [5.41, 5.74) is 8.75. The van der Waals surface area contributed by atoms with E-state index in [-0.39, 0.29) is 33.7 Å². The third-order valence-electron chi connectivity index (χ3n) is 6.74. The van der Waals surface area contributed by atoms with Crippen LogP contribution in [0.25, 0.3) is 10.1 Å². The van der Waals surface area contributed by atoms with Gasteiger partial charge in [-0.2, -0.15) is 5.26 Å². The molecule has 10 heteroatoms. The summed E-state index contributed by atoms with van der Waals surface area (Å²) in [6, 6.07) is 27.3. The molecule has 0 radical (unpaired) electrons. The van der Waals surface area contributed by atoms with E-state index in [1.165, 1.54) is 11.3 Å². The first-order valence-corrected chi connectivity index (χ1v) is 14.6. The summed E-state index contributed by atoms with van der Waals surface area (Å²) in [4.78, 5) is 13.3. The number of thiophene rings is 1. The molecule has 1 aliphatic heterocycles. The second-order valence-corrected chi connectivity index (χ2v) is 11.6. The lowest BCUT2D eigenvalue weighted by Gasteiger charge is -2.27. The van der Waals surface area contributed by atoms with E-state index in [1.807, 2.05) is 48.5 Å². The van der Waals surface area contributed by atoms with Crippen molar-refractivity contribution in [2.24, 2.45) is 5.73 Å². The van der Waals surface area contributed by atoms with Crippen molar-refractivity contribution in [3.05, 3.63) is 133 Å². The van der Waals surface area contributed by atoms with Crippen LogP contribution < -0.4 is 19.9 Å². The summed E-state index contributed by atoms with van der Waals surface area (Å²) in [5, 5.41) is 11.9. The minimum absolute atomic E-state index is 0.0388. The van der Waals surface area contributed by atoms with Crippen molar-refractivity contribution in [1.29, 1.82) is 5.26 Å². The third-order valence-corrected chi connectivity index (χ3v) is 9.05. The molecule has 4 aromatic carbocycles. The molecule has 0 saturated heterocycles. The molecule has 5 aromatic rings. The highest BCUT2D eigenvalue weighted by atomic mass is 35.5. The van der Waals surface area contributed by atoms with E-state index in [0.29, 0.717) is 32.5 Å². The Morgan fingerprint density at radius 1 is 0.952 bits per heavy atom. The van der Waals surface area contributed by atoms with Crippen LogP contribution in [0.2, 0.25) is 15.1 Å². The number of allylic oxidation sites excluding steroid dienone is 1. The van der Waals surface area contributed by atoms with Crippen molar-refractivity contribution < 1.29 is 19.0 Å². The van der Waals surface area contributed by atoms with Gasteiger partial charge >= 0.3 is 5.97 Å². The van der Waals surface area contributed by atoms with Gasteiger partial charge in [-0.1, -0.05) is 77.3 Å². The molecule has 0 aliphatic carbocycles. The van der Waals surface area contributed by atoms with E-state index in [9.17, 15) is 10.1 Å². The molecule has 2 N–H and O–H groups in total. The van der Waals surface area contributed by atoms with Gasteiger partial charge in [0.05, 0.1) is 16.0 Å². The summed E-state index contributed by atoms with van der Waals surface area (Å²) in [6.45, 7) is 0.279. The number of carbonyl (C=O) groups is 1. The van der Waals surface area contributed by atoms with Crippen LogP contribution in [0.4, 0.5) is 0 Å². The van der Waals surface area contributed by atoms with Gasteiger partial charge in [0, 0.05) is 32.3 Å². The highest BCUT2D eigenvalue weighted by molar-refractivity contribution is 7.21. The van der Waals surface area contributed by atoms with E-state index in [1.54, 1.807) is 36.4 Å². The van der Waals surface area contributed by atoms with Gasteiger partial charge in [-0.25, -0.2) is 4.79 Å². The lowest BCUT2D eigenvalue weighted by molar-refractivity contribution is 0.0740. The second-order valence-electron chi connectivity index (χ2n) is 9.32. The van der Waals surface area contributed by atoms with Gasteiger partial charge < -0.3 is 19.9 Å². The van der Waals surface area contributed by atoms with Crippen LogP contribution in [0.5, 0.6) is 17.2 Å². The molecule has 42 heavy (non-hydrogen) atoms. The van der Waals surface area contributed by atoms with E-state index in [0.717, 1.165) is 15.8 Å². The molecule has 1 aliphatic rings. The molecule has 0 spiro atoms. The summed E-state index contributed by atoms with van der Waals surface area (Å²) in [5.74, 6) is -0.0252. The maximum absolute atomic E-state index is 13.1. The number of benzene rings is 4. The quantitative estimate of drug-likeness (QED) is 0.148. The maximum Gasteiger partial charge on any atom is 0.355 e. The molecule has 0 saturated carbocycles. The Hall–Kier alpha value is -4.19. The predicted octanol–water partition coefficient (Wildman–Crippen LogP) is 8.88. The number of esters is 1. The standard InChI is InChI=1S/C32H19Cl3N2O4S/c33-23-8-2-1-5-18(23)16-39-19-7-3-6-17(13-19)27-21-12-11-20(14-25(21)41-31(37)22(27)15-36)40-32(38)30-29(35)28-24(34)9-4-10-26(28)42-30/h1-14,27H,16,37H2. The van der Waals surface area contributed by atoms with Gasteiger partial charge in [-0.15, -0.1) is 11.3 Å². The van der Waals surface area contributed by atoms with Crippen molar-refractivity contribution in [2.75, 3.05) is 0 Å². The largest absolute Gasteiger partial charge is 0.489 e. The van der Waals surface area contributed by atoms with Crippen molar-refractivity contribution in [3.63, 3.8) is 0 Å². The average molecular weight is 634 g/mol. The molecule has 1 atom stereocenters. The highest BCUT2D eigenvalue weighted by Gasteiger charge is 2.31. The number of rotatable bonds is 6. The van der Waals surface area contributed by atoms with Crippen LogP contribution >= 0.6 is 46.1 Å². The highest BCUT2D eigenvalue weighted by Crippen LogP contribution is 2.45. The second kappa shape index (κ2) is 11.6. The average Bonchev–Trinajstić information content (AvgIpc) is 3.33. The SMILES string of the molecule is N#CC1=C(N)Oc2cc(OC(=O)c3sc4cccc(Cl)c4c3Cl)ccc2C1c1cccc(OCc2ccccc2Cl)c1. The predicted molar refractivity (Wildman–Crippen MR) is 165 cm³/mol. The van der Waals surface area contributed by atoms with Crippen LogP contribution in [0.3, 0.4) is 0 Å². The van der Waals surface area contributed by atoms with Gasteiger partial charge in [-0.05, 0) is 42.0 Å². The Labute approximate surface area is 260 Å². The third kappa shape index (κ3) is 5.26. The molecule has 0 amide bonds. The number of ether oxygens (including phenoxy) is 3. The Morgan fingerprint density at radius 2 is 1.74 bits per heavy atom. The first kappa shape index (κ1) is 28.0. The Kier molecular flexibility index (Phi) is 7.72. The monoisotopic (exact) mass is 632 g/mol. The molecule has 0 bridgehead atoms. The summed E-state index contributed by atoms with van der Waals surface area (Å²) < 4.78 is 18.3. The van der Waals surface area contributed by atoms with Crippen LogP contribution in [0.1, 0.15) is 32.3 Å². The van der Waals surface area contributed by atoms with Crippen molar-refractivity contribution in [3.8, 4) is 23.3 Å². The fourth-order valence-electron chi connectivity index (χ4n) is 4.76. The fourth-order valence-corrected chi connectivity index (χ4v) is 6.77. The smallest absolute Gasteiger partial charge is 0.355 e. The number of nitriles is 1. The Bertz CT molecular complexity index is 1950. The van der Waals surface area contributed by atoms with Crippen molar-refractivity contribution in [2.45, 2.75) is 12.5 Å². The zero-order valence-electron chi connectivity index (χ0n) is 21.6. The minimum atomic E-state index is -0.630. The first-order valence-electron chi connectivity index (χ1n) is 12.6. The van der Waals surface area contributed by atoms with Gasteiger partial charge in [0.2, 0.25) is 5.88 Å². The van der Waals surface area contributed by atoms with Crippen LogP contribution in [-0.4, -0.2) is 5.97 Å². The van der Waals surface area contributed by atoms with Gasteiger partial charge in [0.25, 0.3) is 0 Å². The zero-order chi connectivity index (χ0) is 29.4. The summed E-state index contributed by atoms with van der Waals surface area (Å²) in [6.07, 6.45) is 0. The molecule has 6 rings (SSSR count). The lowest BCUT2D eigenvalue weighted by Crippen LogP contribution is -2.21. The molecule has 0 fully saturated rings. The van der Waals surface area contributed by atoms with Gasteiger partial charge in [0.1, 0.15) is 40.4 Å². The Balaban J connectivity index is 1.29. The van der Waals surface area contributed by atoms with Crippen molar-refractivity contribution >= 4 is 62.2 Å². The van der Waals surface area contributed by atoms with Crippen LogP contribution in [0.15, 0.2) is 96.4 Å². The topological polar surface area (TPSA) is 94.6 Å². The molecular formula is C32H19Cl3N2O4S. The van der Waals surface area contributed by atoms with E-state index in [2.05, 4.69) is 6.07 Å². The van der Waals surface area contributed by atoms with E-state index in [4.69, 9.17) is 54.7 Å². The Morgan fingerprint density at radius 3 is 2.52 bits per heavy atom. The van der Waals surface area contributed by atoms with Crippen LogP contribution in [0, 0.1) is 11.3 Å². The molecule has 6 nitrogen and oxygen atoms in total. The minimum Gasteiger partial charge on any atom is -0.489 e. The zero-order valence-corrected chi connectivity index (χ0v) is 24.7. The first-order chi connectivity index (χ1) is 20.3. The van der Waals surface area contributed by atoms with Gasteiger partial charge in [-0.3, -0.25) is 0 Å². The lowest BCUT2D eigenvalue weighted by atomic mass is 9.83. The number of fused-ring (bicyclic) bond motifs is 2.